The molecule has 2 rings (SSSR count). The Morgan fingerprint density at radius 2 is 2.09 bits per heavy atom. The van der Waals surface area contributed by atoms with E-state index in [0.29, 0.717) is 6.42 Å². The molecule has 0 bridgehead atoms. The maximum atomic E-state index is 11.9. The van der Waals surface area contributed by atoms with Crippen LogP contribution in [-0.4, -0.2) is 28.8 Å². The van der Waals surface area contributed by atoms with Gasteiger partial charge in [-0.1, -0.05) is 37.3 Å². The second-order valence-electron chi connectivity index (χ2n) is 5.44. The highest BCUT2D eigenvalue weighted by Crippen LogP contribution is 2.19. The largest absolute Gasteiger partial charge is 0.391 e. The minimum atomic E-state index is -0.606. The number of hydrogen-bond donors (Lipinski definition) is 3. The Hall–Kier alpha value is -1.92. The molecule has 1 aromatic carbocycles. The molecule has 23 heavy (non-hydrogen) atoms. The lowest BCUT2D eigenvalue weighted by atomic mass is 10.1. The summed E-state index contributed by atoms with van der Waals surface area (Å²) in [5.74, 6) is 0. The highest BCUT2D eigenvalue weighted by atomic mass is 32.1. The van der Waals surface area contributed by atoms with Gasteiger partial charge in [0.05, 0.1) is 12.1 Å². The summed E-state index contributed by atoms with van der Waals surface area (Å²) in [7, 11) is 0. The van der Waals surface area contributed by atoms with Crippen molar-refractivity contribution in [2.24, 2.45) is 0 Å². The smallest absolute Gasteiger partial charge is 0.315 e. The molecule has 3 N–H and O–H groups in total. The topological polar surface area (TPSA) is 74.2 Å². The molecule has 2 unspecified atom stereocenters. The molecule has 0 saturated carbocycles. The lowest BCUT2D eigenvalue weighted by Gasteiger charge is -2.15. The highest BCUT2D eigenvalue weighted by Gasteiger charge is 2.14. The number of amides is 2. The van der Waals surface area contributed by atoms with E-state index in [-0.39, 0.29) is 18.6 Å². The number of hydrogen-bond acceptors (Lipinski definition) is 4. The molecule has 0 aliphatic carbocycles. The second kappa shape index (κ2) is 8.64. The van der Waals surface area contributed by atoms with Crippen LogP contribution in [0.2, 0.25) is 0 Å². The zero-order valence-corrected chi connectivity index (χ0v) is 14.3. The molecule has 6 heteroatoms. The van der Waals surface area contributed by atoms with Crippen LogP contribution in [0, 0.1) is 0 Å². The summed E-state index contributed by atoms with van der Waals surface area (Å²) >= 11 is 1.61. The van der Waals surface area contributed by atoms with Crippen molar-refractivity contribution in [3.63, 3.8) is 0 Å². The summed E-state index contributed by atoms with van der Waals surface area (Å²) in [6, 6.07) is 9.28. The Morgan fingerprint density at radius 1 is 1.35 bits per heavy atom. The number of thiazole rings is 1. The molecular formula is C17H23N3O2S. The first-order valence-electron chi connectivity index (χ1n) is 7.79. The van der Waals surface area contributed by atoms with Crippen LogP contribution in [0.5, 0.6) is 0 Å². The van der Waals surface area contributed by atoms with Crippen LogP contribution in [0.15, 0.2) is 36.5 Å². The lowest BCUT2D eigenvalue weighted by Crippen LogP contribution is -2.41. The quantitative estimate of drug-likeness (QED) is 0.729. The molecule has 2 atom stereocenters. The minimum Gasteiger partial charge on any atom is -0.391 e. The molecule has 5 nitrogen and oxygen atoms in total. The van der Waals surface area contributed by atoms with E-state index in [0.717, 1.165) is 17.0 Å². The Morgan fingerprint density at radius 3 is 2.74 bits per heavy atom. The van der Waals surface area contributed by atoms with E-state index in [9.17, 15) is 9.90 Å². The van der Waals surface area contributed by atoms with Gasteiger partial charge in [0, 0.05) is 24.0 Å². The van der Waals surface area contributed by atoms with Gasteiger partial charge in [0.1, 0.15) is 5.01 Å². The van der Waals surface area contributed by atoms with Crippen molar-refractivity contribution in [1.29, 1.82) is 0 Å². The molecule has 124 valence electrons. The molecule has 0 saturated heterocycles. The molecule has 2 amide bonds. The molecular weight excluding hydrogens is 310 g/mol. The number of carbonyl (C=O) groups excluding carboxylic acids is 1. The first-order chi connectivity index (χ1) is 11.1. The van der Waals surface area contributed by atoms with E-state index < -0.39 is 6.10 Å². The van der Waals surface area contributed by atoms with E-state index in [2.05, 4.69) is 22.5 Å². The van der Waals surface area contributed by atoms with Crippen molar-refractivity contribution in [2.75, 3.05) is 6.54 Å². The fraction of sp³-hybridized carbons (Fsp3) is 0.412. The van der Waals surface area contributed by atoms with E-state index >= 15 is 0 Å². The monoisotopic (exact) mass is 333 g/mol. The number of aryl methyl sites for hydroxylation is 1. The summed E-state index contributed by atoms with van der Waals surface area (Å²) in [5.41, 5.74) is 1.05. The number of nitrogens with one attached hydrogen (secondary N) is 2. The first-order valence-corrected chi connectivity index (χ1v) is 8.61. The maximum Gasteiger partial charge on any atom is 0.315 e. The minimum absolute atomic E-state index is 0.147. The number of aliphatic hydroxyl groups excluding tert-OH is 1. The van der Waals surface area contributed by atoms with Gasteiger partial charge in [-0.2, -0.15) is 0 Å². The predicted molar refractivity (Wildman–Crippen MR) is 92.6 cm³/mol. The number of carbonyl (C=O) groups is 1. The third-order valence-electron chi connectivity index (χ3n) is 3.45. The van der Waals surface area contributed by atoms with Crippen molar-refractivity contribution in [3.8, 4) is 0 Å². The van der Waals surface area contributed by atoms with Crippen LogP contribution in [-0.2, 0) is 12.8 Å². The SMILES string of the molecule is CCc1cnc(C(C)NC(=O)NCC(O)Cc2ccccc2)s1. The van der Waals surface area contributed by atoms with Gasteiger partial charge < -0.3 is 15.7 Å². The van der Waals surface area contributed by atoms with Crippen molar-refractivity contribution >= 4 is 17.4 Å². The first kappa shape index (κ1) is 17.4. The van der Waals surface area contributed by atoms with Crippen LogP contribution in [0.1, 0.15) is 35.3 Å². The summed E-state index contributed by atoms with van der Waals surface area (Å²) in [6.45, 7) is 4.19. The molecule has 2 aromatic rings. The zero-order valence-electron chi connectivity index (χ0n) is 13.5. The number of aliphatic hydroxyl groups is 1. The van der Waals surface area contributed by atoms with Crippen molar-refractivity contribution in [2.45, 2.75) is 38.8 Å². The van der Waals surface area contributed by atoms with Gasteiger partial charge in [0.25, 0.3) is 0 Å². The third kappa shape index (κ3) is 5.65. The molecule has 0 spiro atoms. The zero-order chi connectivity index (χ0) is 16.7. The van der Waals surface area contributed by atoms with Crippen molar-refractivity contribution in [3.05, 3.63) is 52.0 Å². The van der Waals surface area contributed by atoms with E-state index in [4.69, 9.17) is 0 Å². The van der Waals surface area contributed by atoms with Crippen LogP contribution < -0.4 is 10.6 Å². The molecule has 0 aliphatic rings. The fourth-order valence-corrected chi connectivity index (χ4v) is 3.02. The molecule has 0 radical (unpaired) electrons. The molecule has 0 fully saturated rings. The molecule has 1 heterocycles. The highest BCUT2D eigenvalue weighted by molar-refractivity contribution is 7.11. The van der Waals surface area contributed by atoms with Crippen LogP contribution >= 0.6 is 11.3 Å². The maximum absolute atomic E-state index is 11.9. The predicted octanol–water partition coefficient (Wildman–Crippen LogP) is 2.67. The number of urea groups is 1. The van der Waals surface area contributed by atoms with Crippen LogP contribution in [0.4, 0.5) is 4.79 Å². The van der Waals surface area contributed by atoms with Gasteiger partial charge in [0.15, 0.2) is 0 Å². The second-order valence-corrected chi connectivity index (χ2v) is 6.58. The number of benzene rings is 1. The van der Waals surface area contributed by atoms with Gasteiger partial charge >= 0.3 is 6.03 Å². The van der Waals surface area contributed by atoms with Gasteiger partial charge in [-0.15, -0.1) is 11.3 Å². The van der Waals surface area contributed by atoms with Crippen molar-refractivity contribution in [1.82, 2.24) is 15.6 Å². The average molecular weight is 333 g/mol. The Labute approximate surface area is 140 Å². The Kier molecular flexibility index (Phi) is 6.55. The van der Waals surface area contributed by atoms with Crippen LogP contribution in [0.3, 0.4) is 0 Å². The number of rotatable bonds is 7. The summed E-state index contributed by atoms with van der Waals surface area (Å²) in [4.78, 5) is 17.4. The lowest BCUT2D eigenvalue weighted by molar-refractivity contribution is 0.170. The van der Waals surface area contributed by atoms with Crippen molar-refractivity contribution < 1.29 is 9.90 Å². The fourth-order valence-electron chi connectivity index (χ4n) is 2.16. The van der Waals surface area contributed by atoms with Gasteiger partial charge in [-0.3, -0.25) is 0 Å². The average Bonchev–Trinajstić information content (AvgIpc) is 3.03. The Bertz CT molecular complexity index is 615. The molecule has 1 aromatic heterocycles. The third-order valence-corrected chi connectivity index (χ3v) is 4.77. The number of aromatic nitrogens is 1. The summed E-state index contributed by atoms with van der Waals surface area (Å²) in [6.07, 6.45) is 2.70. The number of nitrogens with zero attached hydrogens (tertiary/aromatic N) is 1. The van der Waals surface area contributed by atoms with Gasteiger partial charge in [-0.25, -0.2) is 9.78 Å². The van der Waals surface area contributed by atoms with E-state index in [1.165, 1.54) is 4.88 Å². The van der Waals surface area contributed by atoms with Gasteiger partial charge in [0.2, 0.25) is 0 Å². The Balaban J connectivity index is 1.74. The normalized spacial score (nSPS) is 13.3. The van der Waals surface area contributed by atoms with Crippen LogP contribution in [0.25, 0.3) is 0 Å². The van der Waals surface area contributed by atoms with E-state index in [1.54, 1.807) is 11.3 Å². The standard InChI is InChI=1S/C17H23N3O2S/c1-3-15-11-18-16(23-15)12(2)20-17(22)19-10-14(21)9-13-7-5-4-6-8-13/h4-8,11-12,14,21H,3,9-10H2,1-2H3,(H2,19,20,22). The van der Waals surface area contributed by atoms with E-state index in [1.807, 2.05) is 43.5 Å². The molecule has 0 aliphatic heterocycles. The van der Waals surface area contributed by atoms with Gasteiger partial charge in [-0.05, 0) is 18.9 Å². The summed E-state index contributed by atoms with van der Waals surface area (Å²) in [5, 5.41) is 16.4. The summed E-state index contributed by atoms with van der Waals surface area (Å²) < 4.78 is 0.